The highest BCUT2D eigenvalue weighted by Gasteiger charge is 2.53. The van der Waals surface area contributed by atoms with Gasteiger partial charge in [-0.25, -0.2) is 4.79 Å². The lowest BCUT2D eigenvalue weighted by Crippen LogP contribution is -2.67. The van der Waals surface area contributed by atoms with Crippen LogP contribution in [0.2, 0.25) is 5.04 Å². The average Bonchev–Trinajstić information content (AvgIpc) is 3.59. The van der Waals surface area contributed by atoms with E-state index in [1.165, 1.54) is 0 Å². The number of hydrogen-bond acceptors (Lipinski definition) is 5. The van der Waals surface area contributed by atoms with Crippen LogP contribution < -0.4 is 21.6 Å². The molecular formula is C45H43F3N2O5Si. The largest absolute Gasteiger partial charge is 0.423 e. The fourth-order valence-corrected chi connectivity index (χ4v) is 12.5. The van der Waals surface area contributed by atoms with Gasteiger partial charge in [-0.1, -0.05) is 172 Å². The number of H-pyrrole nitrogens is 1. The summed E-state index contributed by atoms with van der Waals surface area (Å²) in [6, 6.07) is 49.3. The first-order valence-corrected chi connectivity index (χ1v) is 20.4. The molecule has 1 fully saturated rings. The minimum atomic E-state index is -5.01. The standard InChI is InChI=1S/C45H43F3N2O5Si/c1-43(2,3)56(35-25-15-7-16-26-35,36-27-17-8-18-28-36)53-31-39-38(29-40(54-39)50-30-37(45(46,47)48)41(51)49-42(50)52)55-44(32-19-9-4-10-20-32,33-21-11-5-12-22-33)34-23-13-6-14-24-34/h4-28,30,38-40H,29,31H2,1-3H3,(H,49,51,52)/t38-,39+,40+/m0/s1. The third kappa shape index (κ3) is 7.35. The van der Waals surface area contributed by atoms with Gasteiger partial charge >= 0.3 is 11.9 Å². The van der Waals surface area contributed by atoms with Gasteiger partial charge in [0.2, 0.25) is 0 Å². The van der Waals surface area contributed by atoms with Crippen LogP contribution in [-0.4, -0.2) is 36.7 Å². The molecule has 0 bridgehead atoms. The molecule has 1 aromatic heterocycles. The maximum Gasteiger partial charge on any atom is 0.423 e. The lowest BCUT2D eigenvalue weighted by atomic mass is 9.79. The highest BCUT2D eigenvalue weighted by atomic mass is 28.4. The number of halogens is 3. The summed E-state index contributed by atoms with van der Waals surface area (Å²) in [6.45, 7) is 6.42. The Balaban J connectivity index is 1.39. The predicted octanol–water partition coefficient (Wildman–Crippen LogP) is 7.80. The second kappa shape index (κ2) is 15.7. The third-order valence-electron chi connectivity index (χ3n) is 10.5. The summed E-state index contributed by atoms with van der Waals surface area (Å²) in [4.78, 5) is 27.5. The Morgan fingerprint density at radius 2 is 1.12 bits per heavy atom. The van der Waals surface area contributed by atoms with Crippen LogP contribution in [0, 0.1) is 0 Å². The van der Waals surface area contributed by atoms with Crippen molar-refractivity contribution in [1.82, 2.24) is 9.55 Å². The maximum atomic E-state index is 14.1. The normalized spacial score (nSPS) is 17.9. The van der Waals surface area contributed by atoms with Crippen LogP contribution in [0.1, 0.15) is 55.7 Å². The van der Waals surface area contributed by atoms with E-state index in [2.05, 4.69) is 45.0 Å². The molecule has 2 heterocycles. The number of benzene rings is 5. The highest BCUT2D eigenvalue weighted by molar-refractivity contribution is 6.99. The number of nitrogens with zero attached hydrogens (tertiary/aromatic N) is 1. The zero-order valence-electron chi connectivity index (χ0n) is 31.3. The minimum absolute atomic E-state index is 0.0207. The van der Waals surface area contributed by atoms with E-state index in [1.807, 2.05) is 132 Å². The fourth-order valence-electron chi connectivity index (χ4n) is 7.96. The van der Waals surface area contributed by atoms with Gasteiger partial charge in [0.25, 0.3) is 13.9 Å². The quantitative estimate of drug-likeness (QED) is 0.107. The van der Waals surface area contributed by atoms with Gasteiger partial charge in [-0.05, 0) is 32.1 Å². The summed E-state index contributed by atoms with van der Waals surface area (Å²) in [5, 5.41) is 1.66. The van der Waals surface area contributed by atoms with Gasteiger partial charge in [-0.3, -0.25) is 14.3 Å². The van der Waals surface area contributed by atoms with Gasteiger partial charge in [-0.15, -0.1) is 0 Å². The zero-order chi connectivity index (χ0) is 39.6. The Bertz CT molecular complexity index is 2200. The van der Waals surface area contributed by atoms with E-state index in [0.29, 0.717) is 6.20 Å². The maximum absolute atomic E-state index is 14.1. The van der Waals surface area contributed by atoms with Crippen molar-refractivity contribution in [3.05, 3.63) is 201 Å². The highest BCUT2D eigenvalue weighted by Crippen LogP contribution is 2.45. The number of aromatic nitrogens is 2. The van der Waals surface area contributed by atoms with Crippen molar-refractivity contribution in [2.24, 2.45) is 0 Å². The van der Waals surface area contributed by atoms with Crippen molar-refractivity contribution in [2.45, 2.75) is 62.4 Å². The van der Waals surface area contributed by atoms with Crippen molar-refractivity contribution in [3.63, 3.8) is 0 Å². The summed E-state index contributed by atoms with van der Waals surface area (Å²) in [5.74, 6) is 0. The van der Waals surface area contributed by atoms with Crippen LogP contribution in [0.4, 0.5) is 13.2 Å². The SMILES string of the molecule is CC(C)(C)[Si](OC[C@H]1O[C@@H](n2cc(C(F)(F)F)c(=O)[nH]c2=O)C[C@@H]1OC(c1ccccc1)(c1ccccc1)c1ccccc1)(c1ccccc1)c1ccccc1. The summed E-state index contributed by atoms with van der Waals surface area (Å²) >= 11 is 0. The Kier molecular flexibility index (Phi) is 10.9. The Morgan fingerprint density at radius 1 is 0.696 bits per heavy atom. The zero-order valence-corrected chi connectivity index (χ0v) is 32.3. The van der Waals surface area contributed by atoms with E-state index in [4.69, 9.17) is 13.9 Å². The molecule has 288 valence electrons. The van der Waals surface area contributed by atoms with E-state index < -0.39 is 60.4 Å². The molecule has 0 radical (unpaired) electrons. The topological polar surface area (TPSA) is 82.5 Å². The molecule has 0 aliphatic carbocycles. The summed E-state index contributed by atoms with van der Waals surface area (Å²) in [5.41, 5.74) is -2.84. The second-order valence-corrected chi connectivity index (χ2v) is 19.3. The van der Waals surface area contributed by atoms with Crippen LogP contribution in [0.3, 0.4) is 0 Å². The van der Waals surface area contributed by atoms with E-state index in [0.717, 1.165) is 31.6 Å². The minimum Gasteiger partial charge on any atom is -0.405 e. The molecule has 56 heavy (non-hydrogen) atoms. The summed E-state index contributed by atoms with van der Waals surface area (Å²) in [6.07, 6.45) is -7.47. The molecule has 3 atom stereocenters. The first kappa shape index (κ1) is 38.9. The molecule has 0 amide bonds. The number of rotatable bonds is 11. The third-order valence-corrected chi connectivity index (χ3v) is 15.5. The van der Waals surface area contributed by atoms with E-state index in [9.17, 15) is 22.8 Å². The van der Waals surface area contributed by atoms with E-state index >= 15 is 0 Å². The van der Waals surface area contributed by atoms with Crippen molar-refractivity contribution in [2.75, 3.05) is 6.61 Å². The molecule has 6 aromatic rings. The molecule has 1 aliphatic rings. The van der Waals surface area contributed by atoms with Gasteiger partial charge in [0, 0.05) is 12.6 Å². The molecular weight excluding hydrogens is 734 g/mol. The van der Waals surface area contributed by atoms with Crippen LogP contribution in [0.25, 0.3) is 0 Å². The van der Waals surface area contributed by atoms with Crippen molar-refractivity contribution < 1.29 is 27.1 Å². The molecule has 1 N–H and O–H groups in total. The van der Waals surface area contributed by atoms with Crippen LogP contribution in [-0.2, 0) is 25.7 Å². The van der Waals surface area contributed by atoms with E-state index in [1.54, 1.807) is 0 Å². The number of nitrogens with one attached hydrogen (secondary N) is 1. The molecule has 7 nitrogen and oxygen atoms in total. The first-order chi connectivity index (χ1) is 26.8. The molecule has 1 saturated heterocycles. The van der Waals surface area contributed by atoms with Crippen LogP contribution in [0.5, 0.6) is 0 Å². The Morgan fingerprint density at radius 3 is 1.54 bits per heavy atom. The Hall–Kier alpha value is -5.33. The number of aromatic amines is 1. The molecule has 0 unspecified atom stereocenters. The first-order valence-electron chi connectivity index (χ1n) is 18.5. The van der Waals surface area contributed by atoms with Gasteiger partial charge in [0.15, 0.2) is 0 Å². The molecule has 7 rings (SSSR count). The number of alkyl halides is 3. The molecule has 0 spiro atoms. The summed E-state index contributed by atoms with van der Waals surface area (Å²) in [7, 11) is -3.15. The summed E-state index contributed by atoms with van der Waals surface area (Å²) < 4.78 is 64.4. The average molecular weight is 777 g/mol. The molecule has 1 aliphatic heterocycles. The molecule has 11 heteroatoms. The predicted molar refractivity (Wildman–Crippen MR) is 213 cm³/mol. The van der Waals surface area contributed by atoms with Crippen LogP contribution in [0.15, 0.2) is 167 Å². The van der Waals surface area contributed by atoms with Gasteiger partial charge < -0.3 is 13.9 Å². The Labute approximate surface area is 324 Å². The lowest BCUT2D eigenvalue weighted by molar-refractivity contribution is -0.139. The molecule has 5 aromatic carbocycles. The van der Waals surface area contributed by atoms with Gasteiger partial charge in [0.05, 0.1) is 12.7 Å². The lowest BCUT2D eigenvalue weighted by Gasteiger charge is -2.44. The fraction of sp³-hybridized carbons (Fsp3) is 0.244. The van der Waals surface area contributed by atoms with Crippen LogP contribution >= 0.6 is 0 Å². The monoisotopic (exact) mass is 776 g/mol. The van der Waals surface area contributed by atoms with Crippen molar-refractivity contribution >= 4 is 18.7 Å². The smallest absolute Gasteiger partial charge is 0.405 e. The van der Waals surface area contributed by atoms with Crippen molar-refractivity contribution in [3.8, 4) is 0 Å². The second-order valence-electron chi connectivity index (χ2n) is 15.0. The van der Waals surface area contributed by atoms with Gasteiger partial charge in [0.1, 0.15) is 23.5 Å². The molecule has 0 saturated carbocycles. The van der Waals surface area contributed by atoms with Crippen molar-refractivity contribution in [1.29, 1.82) is 0 Å². The van der Waals surface area contributed by atoms with Gasteiger partial charge in [-0.2, -0.15) is 13.2 Å². The van der Waals surface area contributed by atoms with E-state index in [-0.39, 0.29) is 13.0 Å². The number of hydrogen-bond donors (Lipinski definition) is 1. The number of ether oxygens (including phenoxy) is 2.